The number of nitrogens with one attached hydrogen (secondary N) is 1. The molecule has 1 amide bonds. The van der Waals surface area contributed by atoms with Crippen LogP contribution in [0.5, 0.6) is 5.75 Å². The van der Waals surface area contributed by atoms with Gasteiger partial charge in [-0.25, -0.2) is 4.98 Å². The molecule has 26 heavy (non-hydrogen) atoms. The van der Waals surface area contributed by atoms with Crippen LogP contribution in [0.2, 0.25) is 0 Å². The van der Waals surface area contributed by atoms with E-state index < -0.39 is 6.61 Å². The highest BCUT2D eigenvalue weighted by Gasteiger charge is 2.14. The van der Waals surface area contributed by atoms with Gasteiger partial charge in [-0.3, -0.25) is 4.79 Å². The number of halogens is 2. The Morgan fingerprint density at radius 3 is 2.65 bits per heavy atom. The van der Waals surface area contributed by atoms with Crippen LogP contribution in [0.25, 0.3) is 11.3 Å². The van der Waals surface area contributed by atoms with Gasteiger partial charge in [0.1, 0.15) is 5.75 Å². The number of alkyl halides is 2. The zero-order chi connectivity index (χ0) is 18.5. The molecule has 2 aromatic carbocycles. The summed E-state index contributed by atoms with van der Waals surface area (Å²) < 4.78 is 29.6. The molecular formula is C19H16F2N2O2S. The van der Waals surface area contributed by atoms with Crippen LogP contribution in [0.15, 0.2) is 53.9 Å². The van der Waals surface area contributed by atoms with Crippen molar-refractivity contribution < 1.29 is 18.3 Å². The van der Waals surface area contributed by atoms with Crippen LogP contribution in [-0.2, 0) is 11.2 Å². The number of amides is 1. The number of benzene rings is 2. The molecule has 3 rings (SSSR count). The highest BCUT2D eigenvalue weighted by atomic mass is 32.1. The third-order valence-corrected chi connectivity index (χ3v) is 4.37. The fourth-order valence-corrected chi connectivity index (χ4v) is 3.11. The summed E-state index contributed by atoms with van der Waals surface area (Å²) in [5.74, 6) is -0.141. The second-order valence-corrected chi connectivity index (χ2v) is 6.48. The van der Waals surface area contributed by atoms with Crippen molar-refractivity contribution in [2.75, 3.05) is 5.32 Å². The lowest BCUT2D eigenvalue weighted by molar-refractivity contribution is -0.115. The van der Waals surface area contributed by atoms with Crippen LogP contribution < -0.4 is 10.1 Å². The first-order valence-electron chi connectivity index (χ1n) is 7.86. The van der Waals surface area contributed by atoms with E-state index in [2.05, 4.69) is 15.0 Å². The van der Waals surface area contributed by atoms with Gasteiger partial charge in [0.2, 0.25) is 5.91 Å². The van der Waals surface area contributed by atoms with E-state index in [1.807, 2.05) is 31.2 Å². The van der Waals surface area contributed by atoms with E-state index in [0.29, 0.717) is 16.4 Å². The number of anilines is 1. The fourth-order valence-electron chi connectivity index (χ4n) is 2.39. The zero-order valence-electron chi connectivity index (χ0n) is 13.9. The van der Waals surface area contributed by atoms with E-state index in [9.17, 15) is 13.6 Å². The number of carbonyl (C=O) groups excluding carboxylic acids is 1. The fraction of sp³-hybridized carbons (Fsp3) is 0.158. The van der Waals surface area contributed by atoms with E-state index in [-0.39, 0.29) is 18.1 Å². The van der Waals surface area contributed by atoms with Gasteiger partial charge in [0.25, 0.3) is 0 Å². The number of nitrogens with zero attached hydrogens (tertiary/aromatic N) is 1. The van der Waals surface area contributed by atoms with Crippen LogP contribution in [0.3, 0.4) is 0 Å². The Morgan fingerprint density at radius 1 is 1.19 bits per heavy atom. The van der Waals surface area contributed by atoms with Crippen LogP contribution in [-0.4, -0.2) is 17.5 Å². The van der Waals surface area contributed by atoms with E-state index in [1.54, 1.807) is 23.6 Å². The second-order valence-electron chi connectivity index (χ2n) is 5.62. The van der Waals surface area contributed by atoms with Crippen molar-refractivity contribution in [2.24, 2.45) is 0 Å². The average Bonchev–Trinajstić information content (AvgIpc) is 3.05. The Bertz CT molecular complexity index is 895. The van der Waals surface area contributed by atoms with Crippen molar-refractivity contribution in [1.29, 1.82) is 0 Å². The zero-order valence-corrected chi connectivity index (χ0v) is 14.7. The molecule has 0 fully saturated rings. The lowest BCUT2D eigenvalue weighted by Crippen LogP contribution is -2.14. The van der Waals surface area contributed by atoms with Crippen LogP contribution >= 0.6 is 11.3 Å². The summed E-state index contributed by atoms with van der Waals surface area (Å²) in [7, 11) is 0. The molecule has 1 N–H and O–H groups in total. The lowest BCUT2D eigenvalue weighted by atomic mass is 10.1. The molecule has 134 valence electrons. The molecular weight excluding hydrogens is 358 g/mol. The van der Waals surface area contributed by atoms with Gasteiger partial charge >= 0.3 is 6.61 Å². The monoisotopic (exact) mass is 374 g/mol. The third-order valence-electron chi connectivity index (χ3n) is 3.61. The minimum absolute atomic E-state index is 0.0466. The second kappa shape index (κ2) is 8.05. The Kier molecular flexibility index (Phi) is 5.58. The van der Waals surface area contributed by atoms with Gasteiger partial charge in [0.05, 0.1) is 12.1 Å². The molecule has 0 unspecified atom stereocenters. The van der Waals surface area contributed by atoms with Crippen LogP contribution in [0.4, 0.5) is 13.9 Å². The Morgan fingerprint density at radius 2 is 1.92 bits per heavy atom. The minimum atomic E-state index is -2.91. The largest absolute Gasteiger partial charge is 0.434 e. The lowest BCUT2D eigenvalue weighted by Gasteiger charge is -2.08. The number of hydrogen-bond donors (Lipinski definition) is 1. The summed E-state index contributed by atoms with van der Waals surface area (Å²) in [6, 6.07) is 14.1. The molecule has 7 heteroatoms. The summed E-state index contributed by atoms with van der Waals surface area (Å²) in [4.78, 5) is 16.5. The van der Waals surface area contributed by atoms with E-state index >= 15 is 0 Å². The van der Waals surface area contributed by atoms with Gasteiger partial charge < -0.3 is 10.1 Å². The molecule has 1 heterocycles. The molecule has 0 saturated heterocycles. The molecule has 4 nitrogen and oxygen atoms in total. The first-order valence-corrected chi connectivity index (χ1v) is 8.74. The number of aromatic nitrogens is 1. The van der Waals surface area contributed by atoms with E-state index in [0.717, 1.165) is 11.1 Å². The first-order chi connectivity index (χ1) is 12.5. The van der Waals surface area contributed by atoms with Gasteiger partial charge in [-0.1, -0.05) is 42.0 Å². The molecule has 1 aromatic heterocycles. The molecule has 0 atom stereocenters. The standard InChI is InChI=1S/C19H16F2N2O2S/c1-12-6-8-13(9-7-12)10-17(24)23-19-22-15(11-26-19)14-4-2-3-5-16(14)25-18(20)21/h2-9,11,18H,10H2,1H3,(H,22,23,24). The molecule has 3 aromatic rings. The molecule has 0 aliphatic heterocycles. The topological polar surface area (TPSA) is 51.2 Å². The number of thiazole rings is 1. The van der Waals surface area contributed by atoms with Crippen molar-refractivity contribution in [3.63, 3.8) is 0 Å². The average molecular weight is 374 g/mol. The minimum Gasteiger partial charge on any atom is -0.434 e. The summed E-state index contributed by atoms with van der Waals surface area (Å²) >= 11 is 1.23. The predicted octanol–water partition coefficient (Wildman–Crippen LogP) is 4.90. The molecule has 0 radical (unpaired) electrons. The summed E-state index contributed by atoms with van der Waals surface area (Å²) in [5.41, 5.74) is 2.95. The number of rotatable bonds is 6. The third kappa shape index (κ3) is 4.64. The molecule has 0 aliphatic rings. The van der Waals surface area contributed by atoms with E-state index in [4.69, 9.17) is 0 Å². The maximum absolute atomic E-state index is 12.5. The van der Waals surface area contributed by atoms with Crippen molar-refractivity contribution in [2.45, 2.75) is 20.0 Å². The number of para-hydroxylation sites is 1. The van der Waals surface area contributed by atoms with Gasteiger partial charge in [-0.05, 0) is 24.6 Å². The highest BCUT2D eigenvalue weighted by molar-refractivity contribution is 7.14. The summed E-state index contributed by atoms with van der Waals surface area (Å²) in [6.45, 7) is -0.931. The maximum Gasteiger partial charge on any atom is 0.387 e. The molecule has 0 spiro atoms. The number of aryl methyl sites for hydroxylation is 1. The van der Waals surface area contributed by atoms with Crippen molar-refractivity contribution in [3.8, 4) is 17.0 Å². The van der Waals surface area contributed by atoms with Crippen molar-refractivity contribution in [1.82, 2.24) is 4.98 Å². The SMILES string of the molecule is Cc1ccc(CC(=O)Nc2nc(-c3ccccc3OC(F)F)cs2)cc1. The number of ether oxygens (including phenoxy) is 1. The molecule has 0 bridgehead atoms. The van der Waals surface area contributed by atoms with Crippen LogP contribution in [0.1, 0.15) is 11.1 Å². The van der Waals surface area contributed by atoms with Gasteiger partial charge in [0.15, 0.2) is 5.13 Å². The van der Waals surface area contributed by atoms with Gasteiger partial charge in [-0.15, -0.1) is 11.3 Å². The van der Waals surface area contributed by atoms with Crippen LogP contribution in [0, 0.1) is 6.92 Å². The molecule has 0 aliphatic carbocycles. The Balaban J connectivity index is 1.70. The summed E-state index contributed by atoms with van der Waals surface area (Å²) in [6.07, 6.45) is 0.236. The molecule has 0 saturated carbocycles. The highest BCUT2D eigenvalue weighted by Crippen LogP contribution is 2.33. The van der Waals surface area contributed by atoms with Crippen molar-refractivity contribution >= 4 is 22.4 Å². The normalized spacial score (nSPS) is 10.8. The number of carbonyl (C=O) groups is 1. The van der Waals surface area contributed by atoms with E-state index in [1.165, 1.54) is 17.4 Å². The summed E-state index contributed by atoms with van der Waals surface area (Å²) in [5, 5.41) is 4.83. The maximum atomic E-state index is 12.5. The Labute approximate surface area is 153 Å². The van der Waals surface area contributed by atoms with Crippen molar-refractivity contribution in [3.05, 3.63) is 65.0 Å². The van der Waals surface area contributed by atoms with Gasteiger partial charge in [-0.2, -0.15) is 8.78 Å². The van der Waals surface area contributed by atoms with Gasteiger partial charge in [0, 0.05) is 10.9 Å². The Hall–Kier alpha value is -2.80. The quantitative estimate of drug-likeness (QED) is 0.668. The number of hydrogen-bond acceptors (Lipinski definition) is 4. The first kappa shape index (κ1) is 18.0. The smallest absolute Gasteiger partial charge is 0.387 e. The predicted molar refractivity (Wildman–Crippen MR) is 97.7 cm³/mol.